The topological polar surface area (TPSA) is 110 Å². The van der Waals surface area contributed by atoms with Crippen molar-refractivity contribution in [2.45, 2.75) is 37.3 Å². The molecule has 1 aliphatic rings. The molecule has 136 valence electrons. The molecular formula is C15H22N6O3S. The van der Waals surface area contributed by atoms with E-state index in [1.54, 1.807) is 7.11 Å². The molecule has 0 saturated carbocycles. The van der Waals surface area contributed by atoms with Crippen molar-refractivity contribution in [2.24, 2.45) is 0 Å². The Labute approximate surface area is 149 Å². The average molecular weight is 366 g/mol. The van der Waals surface area contributed by atoms with Crippen molar-refractivity contribution in [3.8, 4) is 0 Å². The van der Waals surface area contributed by atoms with Crippen molar-refractivity contribution in [3.05, 3.63) is 17.5 Å². The first-order valence-electron chi connectivity index (χ1n) is 8.26. The third kappa shape index (κ3) is 4.79. The molecule has 10 heteroatoms. The van der Waals surface area contributed by atoms with Crippen LogP contribution in [0.5, 0.6) is 0 Å². The summed E-state index contributed by atoms with van der Waals surface area (Å²) < 4.78 is 10.4. The summed E-state index contributed by atoms with van der Waals surface area (Å²) in [5.41, 5.74) is 0. The van der Waals surface area contributed by atoms with Crippen LogP contribution in [0.25, 0.3) is 0 Å². The zero-order valence-corrected chi connectivity index (χ0v) is 15.2. The van der Waals surface area contributed by atoms with E-state index in [0.717, 1.165) is 25.2 Å². The van der Waals surface area contributed by atoms with Crippen molar-refractivity contribution in [3.63, 3.8) is 0 Å². The normalized spacial score (nSPS) is 17.8. The Hall–Kier alpha value is -1.94. The molecule has 1 atom stereocenters. The van der Waals surface area contributed by atoms with Crippen LogP contribution in [0, 0.1) is 6.92 Å². The summed E-state index contributed by atoms with van der Waals surface area (Å²) in [7, 11) is 1.64. The van der Waals surface area contributed by atoms with Gasteiger partial charge in [-0.2, -0.15) is 4.98 Å². The fraction of sp³-hybridized carbons (Fsp3) is 0.667. The number of methoxy groups -OCH3 is 1. The van der Waals surface area contributed by atoms with Gasteiger partial charge in [0.2, 0.25) is 17.0 Å². The average Bonchev–Trinajstić information content (AvgIpc) is 3.27. The lowest BCUT2D eigenvalue weighted by molar-refractivity contribution is -0.129. The molecule has 1 saturated heterocycles. The number of nitrogens with zero attached hydrogens (tertiary/aromatic N) is 5. The number of aromatic amines is 1. The Balaban J connectivity index is 1.53. The van der Waals surface area contributed by atoms with Crippen molar-refractivity contribution in [1.29, 1.82) is 0 Å². The molecule has 1 N–H and O–H groups in total. The zero-order chi connectivity index (χ0) is 17.6. The molecule has 2 aromatic rings. The van der Waals surface area contributed by atoms with Crippen LogP contribution in [0.3, 0.4) is 0 Å². The van der Waals surface area contributed by atoms with Crippen LogP contribution in [0.2, 0.25) is 0 Å². The predicted molar refractivity (Wildman–Crippen MR) is 90.3 cm³/mol. The molecule has 2 aromatic heterocycles. The van der Waals surface area contributed by atoms with Gasteiger partial charge in [-0.15, -0.1) is 5.10 Å². The third-order valence-corrected chi connectivity index (χ3v) is 4.87. The molecule has 1 unspecified atom stereocenters. The van der Waals surface area contributed by atoms with Gasteiger partial charge in [0.1, 0.15) is 5.82 Å². The van der Waals surface area contributed by atoms with E-state index in [1.807, 2.05) is 11.8 Å². The number of aromatic nitrogens is 5. The molecule has 0 aromatic carbocycles. The summed E-state index contributed by atoms with van der Waals surface area (Å²) in [6.07, 6.45) is 2.50. The molecule has 9 nitrogen and oxygen atoms in total. The van der Waals surface area contributed by atoms with Crippen LogP contribution in [0.1, 0.15) is 36.3 Å². The maximum absolute atomic E-state index is 12.5. The lowest BCUT2D eigenvalue weighted by Gasteiger charge is -2.30. The van der Waals surface area contributed by atoms with Crippen LogP contribution in [0.15, 0.2) is 9.68 Å². The second-order valence-electron chi connectivity index (χ2n) is 5.96. The van der Waals surface area contributed by atoms with Crippen LogP contribution in [-0.2, 0) is 16.0 Å². The second kappa shape index (κ2) is 8.43. The number of hydrogen-bond donors (Lipinski definition) is 1. The Morgan fingerprint density at radius 3 is 3.12 bits per heavy atom. The largest absolute Gasteiger partial charge is 0.384 e. The number of rotatable bonds is 7. The maximum Gasteiger partial charge on any atom is 0.233 e. The van der Waals surface area contributed by atoms with Gasteiger partial charge in [-0.05, 0) is 19.8 Å². The lowest BCUT2D eigenvalue weighted by Crippen LogP contribution is -2.40. The van der Waals surface area contributed by atoms with E-state index >= 15 is 0 Å². The number of nitrogens with one attached hydrogen (secondary N) is 1. The second-order valence-corrected chi connectivity index (χ2v) is 6.91. The summed E-state index contributed by atoms with van der Waals surface area (Å²) in [4.78, 5) is 23.0. The van der Waals surface area contributed by atoms with Crippen LogP contribution in [-0.4, -0.2) is 68.7 Å². The zero-order valence-electron chi connectivity index (χ0n) is 14.4. The standard InChI is InChI=1S/C15H22N6O3S/c1-10-16-15(19-18-10)25-9-13(22)21-6-3-4-11(8-21)14-17-12(20-24-14)5-7-23-2/h11H,3-9H2,1-2H3,(H,16,18,19). The minimum absolute atomic E-state index is 0.0799. The number of thioether (sulfide) groups is 1. The number of likely N-dealkylation sites (tertiary alicyclic amines) is 1. The highest BCUT2D eigenvalue weighted by atomic mass is 32.2. The molecule has 25 heavy (non-hydrogen) atoms. The van der Waals surface area contributed by atoms with Gasteiger partial charge >= 0.3 is 0 Å². The summed E-state index contributed by atoms with van der Waals surface area (Å²) in [5.74, 6) is 2.51. The SMILES string of the molecule is COCCc1noc(C2CCCN(C(=O)CSc3n[nH]c(C)n3)C2)n1. The molecule has 3 heterocycles. The van der Waals surface area contributed by atoms with Gasteiger partial charge in [-0.3, -0.25) is 9.89 Å². The fourth-order valence-electron chi connectivity index (χ4n) is 2.74. The Morgan fingerprint density at radius 1 is 1.48 bits per heavy atom. The highest BCUT2D eigenvalue weighted by Gasteiger charge is 2.28. The third-order valence-electron chi connectivity index (χ3n) is 4.04. The van der Waals surface area contributed by atoms with Crippen LogP contribution < -0.4 is 0 Å². The van der Waals surface area contributed by atoms with E-state index in [9.17, 15) is 4.79 Å². The van der Waals surface area contributed by atoms with E-state index in [2.05, 4.69) is 25.3 Å². The number of aryl methyl sites for hydroxylation is 1. The summed E-state index contributed by atoms with van der Waals surface area (Å²) in [5, 5.41) is 11.4. The highest BCUT2D eigenvalue weighted by molar-refractivity contribution is 7.99. The molecule has 3 rings (SSSR count). The summed E-state index contributed by atoms with van der Waals surface area (Å²) in [6, 6.07) is 0. The van der Waals surface area contributed by atoms with Crippen molar-refractivity contribution >= 4 is 17.7 Å². The molecular weight excluding hydrogens is 344 g/mol. The first-order chi connectivity index (χ1) is 12.2. The van der Waals surface area contributed by atoms with Crippen LogP contribution in [0.4, 0.5) is 0 Å². The van der Waals surface area contributed by atoms with Gasteiger partial charge in [0.05, 0.1) is 18.3 Å². The quantitative estimate of drug-likeness (QED) is 0.728. The number of ether oxygens (including phenoxy) is 1. The van der Waals surface area contributed by atoms with Crippen molar-refractivity contribution in [1.82, 2.24) is 30.2 Å². The van der Waals surface area contributed by atoms with Gasteiger partial charge in [-0.25, -0.2) is 4.98 Å². The number of amides is 1. The molecule has 1 aliphatic heterocycles. The first kappa shape index (κ1) is 17.9. The van der Waals surface area contributed by atoms with Gasteiger partial charge in [0.25, 0.3) is 0 Å². The van der Waals surface area contributed by atoms with E-state index in [0.29, 0.717) is 42.2 Å². The number of carbonyl (C=O) groups excluding carboxylic acids is 1. The molecule has 1 amide bonds. The fourth-order valence-corrected chi connectivity index (χ4v) is 3.48. The molecule has 0 radical (unpaired) electrons. The summed E-state index contributed by atoms with van der Waals surface area (Å²) >= 11 is 1.34. The van der Waals surface area contributed by atoms with Crippen molar-refractivity contribution in [2.75, 3.05) is 32.6 Å². The smallest absolute Gasteiger partial charge is 0.233 e. The van der Waals surface area contributed by atoms with E-state index in [1.165, 1.54) is 11.8 Å². The minimum atomic E-state index is 0.0799. The van der Waals surface area contributed by atoms with E-state index < -0.39 is 0 Å². The van der Waals surface area contributed by atoms with Gasteiger partial charge in [0.15, 0.2) is 5.82 Å². The summed E-state index contributed by atoms with van der Waals surface area (Å²) in [6.45, 7) is 3.76. The molecule has 0 aliphatic carbocycles. The number of H-pyrrole nitrogens is 1. The van der Waals surface area contributed by atoms with Crippen LogP contribution >= 0.6 is 11.8 Å². The van der Waals surface area contributed by atoms with Gasteiger partial charge < -0.3 is 14.2 Å². The minimum Gasteiger partial charge on any atom is -0.384 e. The van der Waals surface area contributed by atoms with E-state index in [4.69, 9.17) is 9.26 Å². The Kier molecular flexibility index (Phi) is 6.03. The highest BCUT2D eigenvalue weighted by Crippen LogP contribution is 2.26. The maximum atomic E-state index is 12.5. The number of carbonyl (C=O) groups is 1. The Morgan fingerprint density at radius 2 is 2.36 bits per heavy atom. The Bertz CT molecular complexity index is 703. The molecule has 1 fully saturated rings. The molecule has 0 spiro atoms. The van der Waals surface area contributed by atoms with E-state index in [-0.39, 0.29) is 11.8 Å². The number of piperidine rings is 1. The lowest BCUT2D eigenvalue weighted by atomic mass is 9.98. The first-order valence-corrected chi connectivity index (χ1v) is 9.25. The van der Waals surface area contributed by atoms with Gasteiger partial charge in [0, 0.05) is 26.6 Å². The monoisotopic (exact) mass is 366 g/mol. The predicted octanol–water partition coefficient (Wildman–Crippen LogP) is 1.18. The van der Waals surface area contributed by atoms with Gasteiger partial charge in [-0.1, -0.05) is 16.9 Å². The van der Waals surface area contributed by atoms with Crippen molar-refractivity contribution < 1.29 is 14.1 Å². The molecule has 0 bridgehead atoms. The number of hydrogen-bond acceptors (Lipinski definition) is 8.